The normalized spacial score (nSPS) is 15.5. The highest BCUT2D eigenvalue weighted by molar-refractivity contribution is 5.27. The zero-order valence-corrected chi connectivity index (χ0v) is 10.6. The van der Waals surface area contributed by atoms with Crippen molar-refractivity contribution in [3.8, 4) is 0 Å². The third-order valence-electron chi connectivity index (χ3n) is 3.36. The molecule has 0 unspecified atom stereocenters. The maximum atomic E-state index is 5.78. The molecule has 3 nitrogen and oxygen atoms in total. The van der Waals surface area contributed by atoms with Gasteiger partial charge < -0.3 is 10.5 Å². The molecule has 94 valence electrons. The third-order valence-corrected chi connectivity index (χ3v) is 3.36. The molecule has 0 atom stereocenters. The molecule has 1 aliphatic carbocycles. The number of nitrogens with zero attached hydrogens (tertiary/aromatic N) is 1. The van der Waals surface area contributed by atoms with Crippen LogP contribution in [0.4, 0.5) is 0 Å². The quantitative estimate of drug-likeness (QED) is 0.781. The molecular formula is C14H22N2O. The molecule has 0 radical (unpaired) electrons. The summed E-state index contributed by atoms with van der Waals surface area (Å²) in [6, 6.07) is 9.22. The van der Waals surface area contributed by atoms with E-state index < -0.39 is 0 Å². The second kappa shape index (κ2) is 6.15. The molecule has 1 aliphatic rings. The van der Waals surface area contributed by atoms with Gasteiger partial charge in [-0.2, -0.15) is 0 Å². The molecule has 3 heteroatoms. The van der Waals surface area contributed by atoms with Crippen molar-refractivity contribution in [2.45, 2.75) is 32.0 Å². The maximum absolute atomic E-state index is 5.78. The Labute approximate surface area is 104 Å². The van der Waals surface area contributed by atoms with E-state index in [0.717, 1.165) is 25.7 Å². The van der Waals surface area contributed by atoms with Gasteiger partial charge in [0.15, 0.2) is 0 Å². The molecule has 0 saturated heterocycles. The van der Waals surface area contributed by atoms with Crippen LogP contribution in [0.1, 0.15) is 24.0 Å². The Bertz CT molecular complexity index is 350. The van der Waals surface area contributed by atoms with E-state index >= 15 is 0 Å². The van der Waals surface area contributed by atoms with E-state index in [0.29, 0.717) is 6.54 Å². The van der Waals surface area contributed by atoms with Gasteiger partial charge in [0.25, 0.3) is 0 Å². The summed E-state index contributed by atoms with van der Waals surface area (Å²) in [7, 11) is 1.76. The Morgan fingerprint density at radius 2 is 2.00 bits per heavy atom. The van der Waals surface area contributed by atoms with Crippen molar-refractivity contribution >= 4 is 0 Å². The zero-order chi connectivity index (χ0) is 12.1. The minimum atomic E-state index is 0.624. The van der Waals surface area contributed by atoms with Crippen LogP contribution in [0, 0.1) is 0 Å². The number of hydrogen-bond donors (Lipinski definition) is 1. The summed E-state index contributed by atoms with van der Waals surface area (Å²) in [6.07, 6.45) is 2.66. The number of nitrogens with two attached hydrogens (primary N) is 1. The molecule has 1 aromatic rings. The van der Waals surface area contributed by atoms with Crippen molar-refractivity contribution in [2.75, 3.05) is 20.3 Å². The molecule has 0 heterocycles. The molecule has 0 aliphatic heterocycles. The predicted molar refractivity (Wildman–Crippen MR) is 69.6 cm³/mol. The minimum Gasteiger partial charge on any atom is -0.383 e. The van der Waals surface area contributed by atoms with Gasteiger partial charge in [-0.15, -0.1) is 0 Å². The van der Waals surface area contributed by atoms with Crippen LogP contribution >= 0.6 is 0 Å². The predicted octanol–water partition coefficient (Wildman–Crippen LogP) is 1.76. The number of hydrogen-bond acceptors (Lipinski definition) is 3. The van der Waals surface area contributed by atoms with E-state index in [1.54, 1.807) is 7.11 Å². The van der Waals surface area contributed by atoms with E-state index in [9.17, 15) is 0 Å². The SMILES string of the molecule is COCCN(Cc1ccccc1CN)C1CC1. The van der Waals surface area contributed by atoms with Gasteiger partial charge in [-0.05, 0) is 24.0 Å². The van der Waals surface area contributed by atoms with Crippen LogP contribution in [0.3, 0.4) is 0 Å². The number of benzene rings is 1. The highest BCUT2D eigenvalue weighted by Crippen LogP contribution is 2.28. The Morgan fingerprint density at radius 3 is 2.59 bits per heavy atom. The van der Waals surface area contributed by atoms with Crippen LogP contribution in [-0.4, -0.2) is 31.2 Å². The van der Waals surface area contributed by atoms with Crippen LogP contribution < -0.4 is 5.73 Å². The lowest BCUT2D eigenvalue weighted by molar-refractivity contribution is 0.139. The molecule has 0 aromatic heterocycles. The molecule has 2 N–H and O–H groups in total. The van der Waals surface area contributed by atoms with Crippen molar-refractivity contribution in [2.24, 2.45) is 5.73 Å². The number of ether oxygens (including phenoxy) is 1. The molecule has 0 spiro atoms. The summed E-state index contributed by atoms with van der Waals surface area (Å²) >= 11 is 0. The van der Waals surface area contributed by atoms with Gasteiger partial charge in [-0.3, -0.25) is 4.90 Å². The standard InChI is InChI=1S/C14H22N2O/c1-17-9-8-16(14-6-7-14)11-13-5-3-2-4-12(13)10-15/h2-5,14H,6-11,15H2,1H3. The molecule has 1 saturated carbocycles. The van der Waals surface area contributed by atoms with Crippen molar-refractivity contribution in [3.05, 3.63) is 35.4 Å². The molecule has 0 bridgehead atoms. The molecule has 1 fully saturated rings. The van der Waals surface area contributed by atoms with Gasteiger partial charge in [-0.25, -0.2) is 0 Å². The monoisotopic (exact) mass is 234 g/mol. The van der Waals surface area contributed by atoms with Crippen LogP contribution in [0.15, 0.2) is 24.3 Å². The molecule has 2 rings (SSSR count). The minimum absolute atomic E-state index is 0.624. The molecular weight excluding hydrogens is 212 g/mol. The van der Waals surface area contributed by atoms with Crippen molar-refractivity contribution in [1.82, 2.24) is 4.90 Å². The van der Waals surface area contributed by atoms with Gasteiger partial charge >= 0.3 is 0 Å². The molecule has 1 aromatic carbocycles. The van der Waals surface area contributed by atoms with E-state index in [4.69, 9.17) is 10.5 Å². The third kappa shape index (κ3) is 3.53. The lowest BCUT2D eigenvalue weighted by atomic mass is 10.1. The first kappa shape index (κ1) is 12.6. The van der Waals surface area contributed by atoms with E-state index in [1.807, 2.05) is 0 Å². The van der Waals surface area contributed by atoms with Crippen LogP contribution in [0.2, 0.25) is 0 Å². The van der Waals surface area contributed by atoms with Gasteiger partial charge in [-0.1, -0.05) is 24.3 Å². The van der Waals surface area contributed by atoms with E-state index in [1.165, 1.54) is 24.0 Å². The lowest BCUT2D eigenvalue weighted by Crippen LogP contribution is -2.29. The van der Waals surface area contributed by atoms with Gasteiger partial charge in [0, 0.05) is 32.8 Å². The van der Waals surface area contributed by atoms with Crippen LogP contribution in [0.25, 0.3) is 0 Å². The summed E-state index contributed by atoms with van der Waals surface area (Å²) in [4.78, 5) is 2.51. The largest absolute Gasteiger partial charge is 0.383 e. The Balaban J connectivity index is 2.00. The van der Waals surface area contributed by atoms with Crippen LogP contribution in [-0.2, 0) is 17.8 Å². The summed E-state index contributed by atoms with van der Waals surface area (Å²) in [6.45, 7) is 3.45. The topological polar surface area (TPSA) is 38.5 Å². The Kier molecular flexibility index (Phi) is 4.54. The summed E-state index contributed by atoms with van der Waals surface area (Å²) in [5, 5.41) is 0. The second-order valence-electron chi connectivity index (χ2n) is 4.67. The van der Waals surface area contributed by atoms with Crippen molar-refractivity contribution in [3.63, 3.8) is 0 Å². The second-order valence-corrected chi connectivity index (χ2v) is 4.67. The summed E-state index contributed by atoms with van der Waals surface area (Å²) in [5.74, 6) is 0. The first-order chi connectivity index (χ1) is 8.35. The molecule has 17 heavy (non-hydrogen) atoms. The van der Waals surface area contributed by atoms with Gasteiger partial charge in [0.05, 0.1) is 6.61 Å². The first-order valence-corrected chi connectivity index (χ1v) is 6.35. The van der Waals surface area contributed by atoms with E-state index in [-0.39, 0.29) is 0 Å². The average molecular weight is 234 g/mol. The van der Waals surface area contributed by atoms with Crippen molar-refractivity contribution in [1.29, 1.82) is 0 Å². The summed E-state index contributed by atoms with van der Waals surface area (Å²) < 4.78 is 5.18. The van der Waals surface area contributed by atoms with E-state index in [2.05, 4.69) is 29.2 Å². The number of rotatable bonds is 7. The first-order valence-electron chi connectivity index (χ1n) is 6.35. The lowest BCUT2D eigenvalue weighted by Gasteiger charge is -2.22. The smallest absolute Gasteiger partial charge is 0.0589 e. The fourth-order valence-electron chi connectivity index (χ4n) is 2.17. The highest BCUT2D eigenvalue weighted by Gasteiger charge is 2.28. The van der Waals surface area contributed by atoms with Gasteiger partial charge in [0.1, 0.15) is 0 Å². The maximum Gasteiger partial charge on any atom is 0.0589 e. The number of methoxy groups -OCH3 is 1. The average Bonchev–Trinajstić information content (AvgIpc) is 3.19. The fourth-order valence-corrected chi connectivity index (χ4v) is 2.17. The zero-order valence-electron chi connectivity index (χ0n) is 10.6. The molecule has 0 amide bonds. The van der Waals surface area contributed by atoms with Crippen molar-refractivity contribution < 1.29 is 4.74 Å². The van der Waals surface area contributed by atoms with Gasteiger partial charge in [0.2, 0.25) is 0 Å². The fraction of sp³-hybridized carbons (Fsp3) is 0.571. The Morgan fingerprint density at radius 1 is 1.29 bits per heavy atom. The highest BCUT2D eigenvalue weighted by atomic mass is 16.5. The summed E-state index contributed by atoms with van der Waals surface area (Å²) in [5.41, 5.74) is 8.39. The van der Waals surface area contributed by atoms with Crippen LogP contribution in [0.5, 0.6) is 0 Å². The Hall–Kier alpha value is -0.900.